The van der Waals surface area contributed by atoms with Crippen LogP contribution in [0.3, 0.4) is 0 Å². The second-order valence-electron chi connectivity index (χ2n) is 5.25. The Balaban J connectivity index is 1.83. The molecule has 2 aromatic heterocycles. The Hall–Kier alpha value is -2.96. The summed E-state index contributed by atoms with van der Waals surface area (Å²) < 4.78 is 1.52. The molecule has 0 bridgehead atoms. The Kier molecular flexibility index (Phi) is 4.18. The summed E-state index contributed by atoms with van der Waals surface area (Å²) in [6, 6.07) is 9.25. The van der Waals surface area contributed by atoms with Gasteiger partial charge in [-0.25, -0.2) is 9.67 Å². The largest absolute Gasteiger partial charge is 0.344 e. The zero-order valence-electron chi connectivity index (χ0n) is 13.0. The van der Waals surface area contributed by atoms with E-state index in [1.165, 1.54) is 10.9 Å². The van der Waals surface area contributed by atoms with Crippen molar-refractivity contribution in [2.24, 2.45) is 0 Å². The first-order chi connectivity index (χ1) is 11.2. The first-order valence-corrected chi connectivity index (χ1v) is 7.47. The molecule has 2 heterocycles. The van der Waals surface area contributed by atoms with Gasteiger partial charge in [-0.05, 0) is 25.5 Å². The minimum absolute atomic E-state index is 0.185. The maximum absolute atomic E-state index is 12.6. The van der Waals surface area contributed by atoms with Crippen molar-refractivity contribution in [1.82, 2.24) is 30.3 Å². The Morgan fingerprint density at radius 3 is 2.74 bits per heavy atom. The topological polar surface area (TPSA) is 88.5 Å². The summed E-state index contributed by atoms with van der Waals surface area (Å²) >= 11 is 0. The van der Waals surface area contributed by atoms with Gasteiger partial charge in [-0.2, -0.15) is 0 Å². The molecule has 0 aliphatic rings. The highest BCUT2D eigenvalue weighted by atomic mass is 16.2. The van der Waals surface area contributed by atoms with Gasteiger partial charge in [0.2, 0.25) is 0 Å². The van der Waals surface area contributed by atoms with Crippen LogP contribution in [0.1, 0.15) is 41.4 Å². The number of aromatic amines is 1. The monoisotopic (exact) mass is 310 g/mol. The van der Waals surface area contributed by atoms with Gasteiger partial charge in [-0.1, -0.05) is 30.3 Å². The number of carbonyl (C=O) groups excluding carboxylic acids is 1. The number of carbonyl (C=O) groups is 1. The number of amides is 1. The van der Waals surface area contributed by atoms with Crippen LogP contribution in [0.4, 0.5) is 0 Å². The van der Waals surface area contributed by atoms with Crippen LogP contribution in [0.5, 0.6) is 0 Å². The normalized spacial score (nSPS) is 12.1. The molecule has 2 N–H and O–H groups in total. The minimum Gasteiger partial charge on any atom is -0.344 e. The van der Waals surface area contributed by atoms with E-state index in [4.69, 9.17) is 0 Å². The molecular weight excluding hydrogens is 292 g/mol. The van der Waals surface area contributed by atoms with Crippen molar-refractivity contribution < 1.29 is 4.79 Å². The van der Waals surface area contributed by atoms with Crippen LogP contribution in [-0.2, 0) is 0 Å². The summed E-state index contributed by atoms with van der Waals surface area (Å²) in [5, 5.41) is 10.8. The third-order valence-corrected chi connectivity index (χ3v) is 3.55. The van der Waals surface area contributed by atoms with Gasteiger partial charge in [0.25, 0.3) is 5.91 Å². The van der Waals surface area contributed by atoms with Crippen LogP contribution in [0.15, 0.2) is 42.7 Å². The van der Waals surface area contributed by atoms with E-state index in [1.54, 1.807) is 6.20 Å². The number of hydrogen-bond acceptors (Lipinski definition) is 4. The van der Waals surface area contributed by atoms with Gasteiger partial charge >= 0.3 is 0 Å². The number of imidazole rings is 1. The van der Waals surface area contributed by atoms with Crippen molar-refractivity contribution >= 4 is 5.91 Å². The molecule has 0 saturated carbocycles. The van der Waals surface area contributed by atoms with E-state index < -0.39 is 0 Å². The van der Waals surface area contributed by atoms with Crippen LogP contribution in [0.25, 0.3) is 5.69 Å². The predicted molar refractivity (Wildman–Crippen MR) is 85.2 cm³/mol. The van der Waals surface area contributed by atoms with E-state index in [1.807, 2.05) is 44.2 Å². The molecule has 1 aromatic carbocycles. The second kappa shape index (κ2) is 6.43. The lowest BCUT2D eigenvalue weighted by Crippen LogP contribution is -2.30. The Labute approximate surface area is 133 Å². The quantitative estimate of drug-likeness (QED) is 0.756. The summed E-state index contributed by atoms with van der Waals surface area (Å²) in [5.41, 5.74) is 2.14. The van der Waals surface area contributed by atoms with E-state index in [0.717, 1.165) is 23.6 Å². The molecule has 0 aliphatic carbocycles. The van der Waals surface area contributed by atoms with Crippen LogP contribution < -0.4 is 5.32 Å². The van der Waals surface area contributed by atoms with Crippen molar-refractivity contribution in [3.8, 4) is 5.69 Å². The number of aromatic nitrogens is 5. The third-order valence-electron chi connectivity index (χ3n) is 3.55. The summed E-state index contributed by atoms with van der Waals surface area (Å²) in [7, 11) is 0. The summed E-state index contributed by atoms with van der Waals surface area (Å²) in [6.07, 6.45) is 3.94. The number of nitrogens with zero attached hydrogens (tertiary/aromatic N) is 4. The lowest BCUT2D eigenvalue weighted by atomic mass is 10.2. The molecule has 0 saturated heterocycles. The Bertz CT molecular complexity index is 792. The summed E-state index contributed by atoms with van der Waals surface area (Å²) in [4.78, 5) is 20.0. The van der Waals surface area contributed by atoms with Gasteiger partial charge in [-0.15, -0.1) is 5.10 Å². The molecule has 7 heteroatoms. The number of para-hydroxylation sites is 1. The molecule has 0 aliphatic heterocycles. The second-order valence-corrected chi connectivity index (χ2v) is 5.25. The van der Waals surface area contributed by atoms with Gasteiger partial charge in [0.1, 0.15) is 5.82 Å². The lowest BCUT2D eigenvalue weighted by Gasteiger charge is -2.15. The summed E-state index contributed by atoms with van der Waals surface area (Å²) in [6.45, 7) is 3.93. The smallest absolute Gasteiger partial charge is 0.272 e. The van der Waals surface area contributed by atoms with E-state index in [9.17, 15) is 4.79 Å². The maximum Gasteiger partial charge on any atom is 0.272 e. The van der Waals surface area contributed by atoms with Crippen LogP contribution in [0, 0.1) is 6.92 Å². The highest BCUT2D eigenvalue weighted by Crippen LogP contribution is 2.15. The molecule has 3 aromatic rings. The number of hydrogen-bond donors (Lipinski definition) is 2. The number of nitrogens with one attached hydrogen (secondary N) is 2. The number of benzene rings is 1. The highest BCUT2D eigenvalue weighted by Gasteiger charge is 2.20. The minimum atomic E-state index is -0.236. The van der Waals surface area contributed by atoms with Gasteiger partial charge in [0.05, 0.1) is 17.9 Å². The highest BCUT2D eigenvalue weighted by molar-refractivity contribution is 5.93. The van der Waals surface area contributed by atoms with E-state index in [2.05, 4.69) is 25.6 Å². The summed E-state index contributed by atoms with van der Waals surface area (Å²) in [5.74, 6) is 0.511. The van der Waals surface area contributed by atoms with E-state index in [-0.39, 0.29) is 11.9 Å². The SMILES string of the molecule is CC[C@H](NC(=O)c1cnnn1-c1ccccc1)c1ncc(C)[nH]1. The molecule has 23 heavy (non-hydrogen) atoms. The Morgan fingerprint density at radius 2 is 2.09 bits per heavy atom. The molecule has 118 valence electrons. The van der Waals surface area contributed by atoms with Crippen molar-refractivity contribution in [1.29, 1.82) is 0 Å². The van der Waals surface area contributed by atoms with Gasteiger partial charge < -0.3 is 10.3 Å². The number of aryl methyl sites for hydroxylation is 1. The fourth-order valence-electron chi connectivity index (χ4n) is 2.36. The van der Waals surface area contributed by atoms with Crippen molar-refractivity contribution in [2.45, 2.75) is 26.3 Å². The Morgan fingerprint density at radius 1 is 1.30 bits per heavy atom. The molecule has 0 unspecified atom stereocenters. The fourth-order valence-corrected chi connectivity index (χ4v) is 2.36. The third kappa shape index (κ3) is 3.13. The molecule has 3 rings (SSSR count). The zero-order chi connectivity index (χ0) is 16.2. The first kappa shape index (κ1) is 15.0. The predicted octanol–water partition coefficient (Wildman–Crippen LogP) is 2.18. The van der Waals surface area contributed by atoms with Crippen molar-refractivity contribution in [3.63, 3.8) is 0 Å². The average molecular weight is 310 g/mol. The maximum atomic E-state index is 12.6. The van der Waals surface area contributed by atoms with Gasteiger partial charge in [0.15, 0.2) is 5.69 Å². The fraction of sp³-hybridized carbons (Fsp3) is 0.250. The molecule has 0 radical (unpaired) electrons. The van der Waals surface area contributed by atoms with Gasteiger partial charge in [0, 0.05) is 11.9 Å². The number of rotatable bonds is 5. The molecule has 1 atom stereocenters. The van der Waals surface area contributed by atoms with Crippen LogP contribution in [0.2, 0.25) is 0 Å². The van der Waals surface area contributed by atoms with Crippen LogP contribution in [-0.4, -0.2) is 30.9 Å². The molecule has 0 spiro atoms. The van der Waals surface area contributed by atoms with E-state index >= 15 is 0 Å². The van der Waals surface area contributed by atoms with Crippen molar-refractivity contribution in [3.05, 3.63) is 59.9 Å². The number of H-pyrrole nitrogens is 1. The first-order valence-electron chi connectivity index (χ1n) is 7.47. The lowest BCUT2D eigenvalue weighted by molar-refractivity contribution is 0.0926. The molecule has 0 fully saturated rings. The molecular formula is C16H18N6O. The van der Waals surface area contributed by atoms with Gasteiger partial charge in [-0.3, -0.25) is 4.79 Å². The van der Waals surface area contributed by atoms with Crippen molar-refractivity contribution in [2.75, 3.05) is 0 Å². The molecule has 1 amide bonds. The van der Waals surface area contributed by atoms with Crippen LogP contribution >= 0.6 is 0 Å². The van der Waals surface area contributed by atoms with E-state index in [0.29, 0.717) is 5.69 Å². The standard InChI is InChI=1S/C16H18N6O/c1-3-13(15-17-9-11(2)19-15)20-16(23)14-10-18-21-22(14)12-7-5-4-6-8-12/h4-10,13H,3H2,1-2H3,(H,17,19)(H,20,23)/t13-/m0/s1. The zero-order valence-corrected chi connectivity index (χ0v) is 13.0. The average Bonchev–Trinajstić information content (AvgIpc) is 3.22. The molecule has 7 nitrogen and oxygen atoms in total.